The first-order valence-corrected chi connectivity index (χ1v) is 12.3. The van der Waals surface area contributed by atoms with Crippen LogP contribution in [0.1, 0.15) is 16.7 Å². The number of ether oxygens (including phenoxy) is 2. The maximum Gasteiger partial charge on any atom is 0.328 e. The third-order valence-corrected chi connectivity index (χ3v) is 5.89. The highest BCUT2D eigenvalue weighted by atomic mass is 16.5. The van der Waals surface area contributed by atoms with E-state index in [4.69, 9.17) is 9.47 Å². The van der Waals surface area contributed by atoms with Crippen LogP contribution < -0.4 is 10.1 Å². The van der Waals surface area contributed by atoms with E-state index in [0.29, 0.717) is 36.4 Å². The smallest absolute Gasteiger partial charge is 0.328 e. The summed E-state index contributed by atoms with van der Waals surface area (Å²) in [7, 11) is 1.30. The van der Waals surface area contributed by atoms with E-state index < -0.39 is 17.9 Å². The standard InChI is InChI=1S/C30H30N4O4/c1-3-10-22-15-16-28(25(17-22)27-20-34(33-32-27)19-24-13-8-5-9-14-24)38-21-29(35)31-26(30(36)37-2)18-23-11-6-4-7-12-23/h3-9,11-17,20,26H,1,10,18-19,21H2,2H3,(H,31,35)/t26-/m0/s1. The van der Waals surface area contributed by atoms with Gasteiger partial charge in [0.15, 0.2) is 6.61 Å². The molecule has 1 aromatic heterocycles. The lowest BCUT2D eigenvalue weighted by Crippen LogP contribution is -2.44. The minimum atomic E-state index is -0.828. The van der Waals surface area contributed by atoms with Crippen molar-refractivity contribution in [2.24, 2.45) is 0 Å². The van der Waals surface area contributed by atoms with Crippen molar-refractivity contribution in [2.75, 3.05) is 13.7 Å². The number of methoxy groups -OCH3 is 1. The Morgan fingerprint density at radius 1 is 1.00 bits per heavy atom. The summed E-state index contributed by atoms with van der Waals surface area (Å²) in [5.41, 5.74) is 4.37. The van der Waals surface area contributed by atoms with Crippen molar-refractivity contribution in [3.8, 4) is 17.0 Å². The number of nitrogens with zero attached hydrogens (tertiary/aromatic N) is 3. The molecule has 0 bridgehead atoms. The number of rotatable bonds is 12. The molecule has 0 aliphatic carbocycles. The molecule has 194 valence electrons. The van der Waals surface area contributed by atoms with E-state index in [2.05, 4.69) is 22.2 Å². The number of allylic oxidation sites excluding steroid dienone is 1. The molecule has 1 N–H and O–H groups in total. The third-order valence-electron chi connectivity index (χ3n) is 5.89. The molecule has 0 saturated carbocycles. The van der Waals surface area contributed by atoms with Crippen molar-refractivity contribution in [1.82, 2.24) is 20.3 Å². The molecule has 0 fully saturated rings. The molecule has 8 nitrogen and oxygen atoms in total. The van der Waals surface area contributed by atoms with Crippen LogP contribution in [0.5, 0.6) is 5.75 Å². The first-order valence-electron chi connectivity index (χ1n) is 12.3. The normalized spacial score (nSPS) is 11.4. The molecule has 0 aliphatic heterocycles. The molecular formula is C30H30N4O4. The molecule has 4 aromatic rings. The molecule has 0 aliphatic rings. The van der Waals surface area contributed by atoms with Gasteiger partial charge in [-0.05, 0) is 35.2 Å². The van der Waals surface area contributed by atoms with Crippen LogP contribution in [0.3, 0.4) is 0 Å². The van der Waals surface area contributed by atoms with Gasteiger partial charge in [-0.3, -0.25) is 4.79 Å². The zero-order valence-corrected chi connectivity index (χ0v) is 21.2. The number of hydrogen-bond donors (Lipinski definition) is 1. The molecule has 1 heterocycles. The Hall–Kier alpha value is -4.72. The second-order valence-corrected chi connectivity index (χ2v) is 8.73. The van der Waals surface area contributed by atoms with Gasteiger partial charge in [-0.1, -0.05) is 78.0 Å². The maximum absolute atomic E-state index is 12.8. The van der Waals surface area contributed by atoms with E-state index in [1.165, 1.54) is 7.11 Å². The molecule has 0 spiro atoms. The minimum Gasteiger partial charge on any atom is -0.483 e. The highest BCUT2D eigenvalue weighted by molar-refractivity contribution is 5.85. The van der Waals surface area contributed by atoms with Gasteiger partial charge in [0.25, 0.3) is 5.91 Å². The second-order valence-electron chi connectivity index (χ2n) is 8.73. The topological polar surface area (TPSA) is 95.3 Å². The highest BCUT2D eigenvalue weighted by Crippen LogP contribution is 2.30. The van der Waals surface area contributed by atoms with Crippen LogP contribution in [0, 0.1) is 0 Å². The van der Waals surface area contributed by atoms with E-state index in [-0.39, 0.29) is 6.61 Å². The van der Waals surface area contributed by atoms with E-state index in [9.17, 15) is 9.59 Å². The summed E-state index contributed by atoms with van der Waals surface area (Å²) in [4.78, 5) is 25.1. The molecule has 0 radical (unpaired) electrons. The molecule has 4 rings (SSSR count). The Labute approximate surface area is 221 Å². The molecule has 0 saturated heterocycles. The molecule has 38 heavy (non-hydrogen) atoms. The average molecular weight is 511 g/mol. The van der Waals surface area contributed by atoms with Crippen LogP contribution in [-0.2, 0) is 33.7 Å². The molecule has 0 unspecified atom stereocenters. The molecule has 1 atom stereocenters. The fraction of sp³-hybridized carbons (Fsp3) is 0.200. The third kappa shape index (κ3) is 7.16. The van der Waals surface area contributed by atoms with Crippen LogP contribution in [0.2, 0.25) is 0 Å². The van der Waals surface area contributed by atoms with E-state index in [0.717, 1.165) is 16.7 Å². The highest BCUT2D eigenvalue weighted by Gasteiger charge is 2.22. The van der Waals surface area contributed by atoms with Gasteiger partial charge in [-0.25, -0.2) is 9.48 Å². The fourth-order valence-corrected chi connectivity index (χ4v) is 4.03. The average Bonchev–Trinajstić information content (AvgIpc) is 3.41. The molecule has 1 amide bonds. The predicted molar refractivity (Wildman–Crippen MR) is 144 cm³/mol. The zero-order valence-electron chi connectivity index (χ0n) is 21.2. The van der Waals surface area contributed by atoms with Gasteiger partial charge in [-0.15, -0.1) is 11.7 Å². The minimum absolute atomic E-state index is 0.283. The summed E-state index contributed by atoms with van der Waals surface area (Å²) in [5.74, 6) is -0.478. The van der Waals surface area contributed by atoms with Crippen molar-refractivity contribution < 1.29 is 19.1 Å². The number of hydrogen-bond acceptors (Lipinski definition) is 6. The van der Waals surface area contributed by atoms with Crippen LogP contribution in [0.15, 0.2) is 97.7 Å². The number of carbonyl (C=O) groups excluding carboxylic acids is 2. The molecular weight excluding hydrogens is 480 g/mol. The van der Waals surface area contributed by atoms with E-state index in [1.54, 1.807) is 10.7 Å². The maximum atomic E-state index is 12.8. The van der Waals surface area contributed by atoms with Crippen molar-refractivity contribution in [3.63, 3.8) is 0 Å². The Kier molecular flexibility index (Phi) is 9.02. The fourth-order valence-electron chi connectivity index (χ4n) is 4.03. The summed E-state index contributed by atoms with van der Waals surface area (Å²) in [6.07, 6.45) is 4.65. The Morgan fingerprint density at radius 2 is 1.71 bits per heavy atom. The lowest BCUT2D eigenvalue weighted by Gasteiger charge is -2.17. The summed E-state index contributed by atoms with van der Waals surface area (Å²) >= 11 is 0. The predicted octanol–water partition coefficient (Wildman–Crippen LogP) is 4.00. The molecule has 3 aromatic carbocycles. The first-order chi connectivity index (χ1) is 18.6. The number of benzene rings is 3. The first kappa shape index (κ1) is 26.3. The SMILES string of the molecule is C=CCc1ccc(OCC(=O)N[C@@H](Cc2ccccc2)C(=O)OC)c(-c2cn(Cc3ccccc3)nn2)c1. The van der Waals surface area contributed by atoms with Gasteiger partial charge in [0.05, 0.1) is 19.9 Å². The van der Waals surface area contributed by atoms with E-state index >= 15 is 0 Å². The summed E-state index contributed by atoms with van der Waals surface area (Å²) in [6, 6.07) is 24.3. The van der Waals surface area contributed by atoms with Gasteiger partial charge in [0.1, 0.15) is 17.5 Å². The second kappa shape index (κ2) is 13.0. The van der Waals surface area contributed by atoms with Gasteiger partial charge < -0.3 is 14.8 Å². The number of esters is 1. The van der Waals surface area contributed by atoms with Crippen LogP contribution in [0.4, 0.5) is 0 Å². The monoisotopic (exact) mass is 510 g/mol. The number of carbonyl (C=O) groups is 2. The number of amides is 1. The van der Waals surface area contributed by atoms with Gasteiger partial charge in [-0.2, -0.15) is 0 Å². The number of nitrogens with one attached hydrogen (secondary N) is 1. The largest absolute Gasteiger partial charge is 0.483 e. The van der Waals surface area contributed by atoms with Crippen molar-refractivity contribution in [3.05, 3.63) is 114 Å². The zero-order chi connectivity index (χ0) is 26.7. The quantitative estimate of drug-likeness (QED) is 0.229. The number of aromatic nitrogens is 3. The van der Waals surface area contributed by atoms with Gasteiger partial charge >= 0.3 is 5.97 Å². The van der Waals surface area contributed by atoms with Crippen molar-refractivity contribution >= 4 is 11.9 Å². The lowest BCUT2D eigenvalue weighted by molar-refractivity contribution is -0.145. The van der Waals surface area contributed by atoms with Gasteiger partial charge in [0, 0.05) is 12.0 Å². The lowest BCUT2D eigenvalue weighted by atomic mass is 10.0. The molecule has 8 heteroatoms. The van der Waals surface area contributed by atoms with Crippen molar-refractivity contribution in [1.29, 1.82) is 0 Å². The van der Waals surface area contributed by atoms with Crippen LogP contribution in [-0.4, -0.2) is 46.6 Å². The van der Waals surface area contributed by atoms with Crippen molar-refractivity contribution in [2.45, 2.75) is 25.4 Å². The Balaban J connectivity index is 1.48. The van der Waals surface area contributed by atoms with Gasteiger partial charge in [0.2, 0.25) is 0 Å². The Bertz CT molecular complexity index is 1370. The van der Waals surface area contributed by atoms with E-state index in [1.807, 2.05) is 85.1 Å². The van der Waals surface area contributed by atoms with Crippen LogP contribution >= 0.6 is 0 Å². The summed E-state index contributed by atoms with van der Waals surface area (Å²) in [6.45, 7) is 4.11. The summed E-state index contributed by atoms with van der Waals surface area (Å²) in [5, 5.41) is 11.3. The Morgan fingerprint density at radius 3 is 2.39 bits per heavy atom. The summed E-state index contributed by atoms with van der Waals surface area (Å²) < 4.78 is 12.6. The van der Waals surface area contributed by atoms with Crippen LogP contribution in [0.25, 0.3) is 11.3 Å².